The molecule has 100 valence electrons. The molecule has 1 aromatic carbocycles. The van der Waals surface area contributed by atoms with Gasteiger partial charge in [-0.15, -0.1) is 0 Å². The number of hydrogen-bond acceptors (Lipinski definition) is 2. The van der Waals surface area contributed by atoms with Crippen LogP contribution < -0.4 is 4.74 Å². The van der Waals surface area contributed by atoms with Gasteiger partial charge in [0.2, 0.25) is 0 Å². The maximum Gasteiger partial charge on any atom is 0.122 e. The lowest BCUT2D eigenvalue weighted by molar-refractivity contribution is 0.0411. The van der Waals surface area contributed by atoms with E-state index in [9.17, 15) is 5.11 Å². The first-order valence-corrected chi connectivity index (χ1v) is 7.05. The Kier molecular flexibility index (Phi) is 4.65. The van der Waals surface area contributed by atoms with Crippen molar-refractivity contribution < 1.29 is 9.84 Å². The van der Waals surface area contributed by atoms with Crippen molar-refractivity contribution in [2.24, 2.45) is 5.92 Å². The third kappa shape index (κ3) is 3.26. The Morgan fingerprint density at radius 1 is 1.22 bits per heavy atom. The Labute approximate surface area is 110 Å². The van der Waals surface area contributed by atoms with Gasteiger partial charge in [-0.2, -0.15) is 0 Å². The lowest BCUT2D eigenvalue weighted by Gasteiger charge is -2.26. The molecule has 2 heteroatoms. The molecule has 2 rings (SSSR count). The van der Waals surface area contributed by atoms with Gasteiger partial charge in [-0.3, -0.25) is 0 Å². The van der Waals surface area contributed by atoms with E-state index in [1.165, 1.54) is 30.4 Å². The van der Waals surface area contributed by atoms with Crippen LogP contribution in [0.2, 0.25) is 0 Å². The average Bonchev–Trinajstić information content (AvgIpc) is 2.41. The Hall–Kier alpha value is -1.02. The molecule has 0 spiro atoms. The highest BCUT2D eigenvalue weighted by Crippen LogP contribution is 2.27. The molecule has 1 aliphatic rings. The molecule has 0 radical (unpaired) electrons. The number of benzene rings is 1. The van der Waals surface area contributed by atoms with E-state index in [0.717, 1.165) is 18.6 Å². The van der Waals surface area contributed by atoms with Crippen LogP contribution in [0.15, 0.2) is 18.2 Å². The van der Waals surface area contributed by atoms with Crippen LogP contribution in [0.5, 0.6) is 5.75 Å². The Bertz CT molecular complexity index is 381. The summed E-state index contributed by atoms with van der Waals surface area (Å²) >= 11 is 0. The van der Waals surface area contributed by atoms with Crippen molar-refractivity contribution in [2.75, 3.05) is 6.61 Å². The first-order chi connectivity index (χ1) is 8.68. The summed E-state index contributed by atoms with van der Waals surface area (Å²) in [4.78, 5) is 0. The van der Waals surface area contributed by atoms with Crippen LogP contribution in [0, 0.1) is 19.8 Å². The second-order valence-corrected chi connectivity index (χ2v) is 5.47. The first-order valence-electron chi connectivity index (χ1n) is 7.05. The number of ether oxygens (including phenoxy) is 1. The summed E-state index contributed by atoms with van der Waals surface area (Å²) in [7, 11) is 0. The fourth-order valence-electron chi connectivity index (χ4n) is 2.71. The zero-order valence-corrected chi connectivity index (χ0v) is 11.5. The summed E-state index contributed by atoms with van der Waals surface area (Å²) in [6.07, 6.45) is 5.82. The molecule has 1 aliphatic carbocycles. The van der Waals surface area contributed by atoms with Crippen molar-refractivity contribution in [3.05, 3.63) is 29.3 Å². The van der Waals surface area contributed by atoms with Crippen molar-refractivity contribution in [3.8, 4) is 5.75 Å². The topological polar surface area (TPSA) is 29.5 Å². The second-order valence-electron chi connectivity index (χ2n) is 5.47. The third-order valence-corrected chi connectivity index (χ3v) is 4.16. The summed E-state index contributed by atoms with van der Waals surface area (Å²) in [6, 6.07) is 6.07. The summed E-state index contributed by atoms with van der Waals surface area (Å²) < 4.78 is 5.78. The van der Waals surface area contributed by atoms with Gasteiger partial charge in [-0.05, 0) is 49.8 Å². The van der Waals surface area contributed by atoms with Gasteiger partial charge in [0, 0.05) is 0 Å². The van der Waals surface area contributed by atoms with Crippen LogP contribution in [0.1, 0.15) is 43.2 Å². The van der Waals surface area contributed by atoms with E-state index in [-0.39, 0.29) is 6.10 Å². The predicted molar refractivity (Wildman–Crippen MR) is 74.0 cm³/mol. The summed E-state index contributed by atoms with van der Waals surface area (Å²) in [5.74, 6) is 1.34. The molecule has 1 aromatic rings. The van der Waals surface area contributed by atoms with E-state index >= 15 is 0 Å². The molecule has 1 N–H and O–H groups in total. The van der Waals surface area contributed by atoms with Crippen molar-refractivity contribution >= 4 is 0 Å². The summed E-state index contributed by atoms with van der Waals surface area (Å²) in [6.45, 7) is 4.58. The predicted octanol–water partition coefficient (Wildman–Crippen LogP) is 3.62. The highest BCUT2D eigenvalue weighted by Gasteiger charge is 2.22. The van der Waals surface area contributed by atoms with E-state index in [1.54, 1.807) is 0 Å². The summed E-state index contributed by atoms with van der Waals surface area (Å²) in [5.41, 5.74) is 2.41. The van der Waals surface area contributed by atoms with Crippen LogP contribution in [0.4, 0.5) is 0 Å². The van der Waals surface area contributed by atoms with Crippen molar-refractivity contribution in [2.45, 2.75) is 52.1 Å². The summed E-state index contributed by atoms with van der Waals surface area (Å²) in [5, 5.41) is 10.2. The maximum atomic E-state index is 10.2. The molecule has 1 unspecified atom stereocenters. The molecule has 0 saturated heterocycles. The molecule has 0 aliphatic heterocycles. The maximum absolute atomic E-state index is 10.2. The van der Waals surface area contributed by atoms with Crippen LogP contribution in [0.25, 0.3) is 0 Å². The molecule has 0 amide bonds. The van der Waals surface area contributed by atoms with Crippen molar-refractivity contribution in [1.29, 1.82) is 0 Å². The number of aliphatic hydroxyl groups excluding tert-OH is 1. The zero-order valence-electron chi connectivity index (χ0n) is 11.5. The molecular weight excluding hydrogens is 224 g/mol. The molecule has 0 heterocycles. The quantitative estimate of drug-likeness (QED) is 0.881. The zero-order chi connectivity index (χ0) is 13.0. The van der Waals surface area contributed by atoms with E-state index in [4.69, 9.17) is 4.74 Å². The fraction of sp³-hybridized carbons (Fsp3) is 0.625. The van der Waals surface area contributed by atoms with Crippen LogP contribution in [-0.2, 0) is 0 Å². The van der Waals surface area contributed by atoms with Crippen LogP contribution in [0.3, 0.4) is 0 Å². The van der Waals surface area contributed by atoms with Crippen molar-refractivity contribution in [3.63, 3.8) is 0 Å². The molecule has 2 nitrogen and oxygen atoms in total. The van der Waals surface area contributed by atoms with Gasteiger partial charge in [0.25, 0.3) is 0 Å². The molecule has 1 fully saturated rings. The minimum Gasteiger partial charge on any atom is -0.491 e. The highest BCUT2D eigenvalue weighted by atomic mass is 16.5. The lowest BCUT2D eigenvalue weighted by Crippen LogP contribution is -2.29. The van der Waals surface area contributed by atoms with E-state index in [2.05, 4.69) is 19.9 Å². The molecular formula is C16H24O2. The highest BCUT2D eigenvalue weighted by molar-refractivity contribution is 5.38. The van der Waals surface area contributed by atoms with Gasteiger partial charge in [0.1, 0.15) is 12.4 Å². The molecule has 1 atom stereocenters. The standard InChI is InChI=1S/C16H24O2/c1-12-7-6-10-16(13(12)2)18-11-15(17)14-8-4-3-5-9-14/h6-7,10,14-15,17H,3-5,8-9,11H2,1-2H3. The van der Waals surface area contributed by atoms with Crippen LogP contribution >= 0.6 is 0 Å². The smallest absolute Gasteiger partial charge is 0.122 e. The van der Waals surface area contributed by atoms with Gasteiger partial charge in [0.15, 0.2) is 0 Å². The van der Waals surface area contributed by atoms with Gasteiger partial charge in [-0.1, -0.05) is 31.4 Å². The van der Waals surface area contributed by atoms with Gasteiger partial charge in [-0.25, -0.2) is 0 Å². The largest absolute Gasteiger partial charge is 0.491 e. The Morgan fingerprint density at radius 2 is 1.94 bits per heavy atom. The normalized spacial score (nSPS) is 18.6. The van der Waals surface area contributed by atoms with Crippen molar-refractivity contribution in [1.82, 2.24) is 0 Å². The monoisotopic (exact) mass is 248 g/mol. The molecule has 0 bridgehead atoms. The molecule has 1 saturated carbocycles. The van der Waals surface area contributed by atoms with Gasteiger partial charge >= 0.3 is 0 Å². The minimum absolute atomic E-state index is 0.315. The lowest BCUT2D eigenvalue weighted by atomic mass is 9.85. The Morgan fingerprint density at radius 3 is 2.67 bits per heavy atom. The van der Waals surface area contributed by atoms with Gasteiger partial charge < -0.3 is 9.84 Å². The number of aryl methyl sites for hydroxylation is 1. The van der Waals surface area contributed by atoms with Gasteiger partial charge in [0.05, 0.1) is 6.10 Å². The van der Waals surface area contributed by atoms with E-state index < -0.39 is 0 Å². The average molecular weight is 248 g/mol. The second kappa shape index (κ2) is 6.24. The molecule has 0 aromatic heterocycles. The van der Waals surface area contributed by atoms with Crippen LogP contribution in [-0.4, -0.2) is 17.8 Å². The van der Waals surface area contributed by atoms with E-state index in [0.29, 0.717) is 12.5 Å². The molecule has 18 heavy (non-hydrogen) atoms. The number of aliphatic hydroxyl groups is 1. The third-order valence-electron chi connectivity index (χ3n) is 4.16. The SMILES string of the molecule is Cc1cccc(OCC(O)C2CCCCC2)c1C. The number of rotatable bonds is 4. The first kappa shape index (κ1) is 13.4. The minimum atomic E-state index is -0.315. The number of hydrogen-bond donors (Lipinski definition) is 1. The Balaban J connectivity index is 1.88. The fourth-order valence-corrected chi connectivity index (χ4v) is 2.71. The van der Waals surface area contributed by atoms with E-state index in [1.807, 2.05) is 12.1 Å².